The van der Waals surface area contributed by atoms with Gasteiger partial charge in [-0.1, -0.05) is 24.3 Å². The van der Waals surface area contributed by atoms with E-state index in [1.807, 2.05) is 24.3 Å². The number of carbonyl (C=O) groups excluding carboxylic acids is 2. The Hall–Kier alpha value is -3.14. The van der Waals surface area contributed by atoms with Gasteiger partial charge in [0.05, 0.1) is 19.4 Å². The lowest BCUT2D eigenvalue weighted by molar-refractivity contribution is -0.116. The molecule has 9 heteroatoms. The molecule has 1 aromatic heterocycles. The number of amides is 2. The maximum absolute atomic E-state index is 14.0. The van der Waals surface area contributed by atoms with Crippen molar-refractivity contribution in [2.45, 2.75) is 13.0 Å². The molecule has 2 N–H and O–H groups in total. The van der Waals surface area contributed by atoms with Crippen LogP contribution in [0.15, 0.2) is 54.7 Å². The first-order valence-electron chi connectivity index (χ1n) is 10.8. The van der Waals surface area contributed by atoms with E-state index in [1.54, 1.807) is 18.2 Å². The van der Waals surface area contributed by atoms with Gasteiger partial charge in [-0.25, -0.2) is 9.37 Å². The third kappa shape index (κ3) is 6.44. The number of nitrogens with zero attached hydrogens (tertiary/aromatic N) is 2. The van der Waals surface area contributed by atoms with Gasteiger partial charge in [0.1, 0.15) is 15.7 Å². The minimum absolute atomic E-state index is 0.0481. The number of thiazole rings is 1. The van der Waals surface area contributed by atoms with Gasteiger partial charge in [-0.3, -0.25) is 14.5 Å². The zero-order chi connectivity index (χ0) is 23.0. The van der Waals surface area contributed by atoms with Crippen LogP contribution < -0.4 is 10.6 Å². The topological polar surface area (TPSA) is 83.6 Å². The second kappa shape index (κ2) is 11.1. The summed E-state index contributed by atoms with van der Waals surface area (Å²) in [5.74, 6) is -0.703. The van der Waals surface area contributed by atoms with Crippen molar-refractivity contribution >= 4 is 28.8 Å². The van der Waals surface area contributed by atoms with Crippen LogP contribution in [0, 0.1) is 5.82 Å². The van der Waals surface area contributed by atoms with Crippen LogP contribution in [0.1, 0.15) is 21.7 Å². The van der Waals surface area contributed by atoms with E-state index in [9.17, 15) is 14.0 Å². The second-order valence-electron chi connectivity index (χ2n) is 7.64. The highest BCUT2D eigenvalue weighted by Crippen LogP contribution is 2.27. The molecule has 0 saturated carbocycles. The highest BCUT2D eigenvalue weighted by Gasteiger charge is 2.15. The van der Waals surface area contributed by atoms with Crippen LogP contribution in [0.25, 0.3) is 10.6 Å². The van der Waals surface area contributed by atoms with Crippen molar-refractivity contribution < 1.29 is 18.7 Å². The van der Waals surface area contributed by atoms with Gasteiger partial charge in [-0.2, -0.15) is 0 Å². The molecule has 4 rings (SSSR count). The van der Waals surface area contributed by atoms with Crippen molar-refractivity contribution in [3.05, 3.63) is 71.0 Å². The summed E-state index contributed by atoms with van der Waals surface area (Å²) < 4.78 is 19.3. The molecule has 0 spiro atoms. The Kier molecular flexibility index (Phi) is 7.77. The van der Waals surface area contributed by atoms with E-state index in [1.165, 1.54) is 12.3 Å². The summed E-state index contributed by atoms with van der Waals surface area (Å²) in [6.07, 6.45) is 1.86. The molecule has 1 saturated heterocycles. The molecule has 33 heavy (non-hydrogen) atoms. The number of rotatable bonds is 8. The van der Waals surface area contributed by atoms with Crippen molar-refractivity contribution in [2.75, 3.05) is 38.2 Å². The first-order valence-corrected chi connectivity index (χ1v) is 11.6. The van der Waals surface area contributed by atoms with Gasteiger partial charge in [0.15, 0.2) is 0 Å². The lowest BCUT2D eigenvalue weighted by Crippen LogP contribution is -2.38. The number of hydrogen-bond acceptors (Lipinski definition) is 6. The molecule has 0 unspecified atom stereocenters. The fraction of sp³-hybridized carbons (Fsp3) is 0.292. The Labute approximate surface area is 195 Å². The molecular weight excluding hydrogens is 443 g/mol. The van der Waals surface area contributed by atoms with E-state index in [0.29, 0.717) is 53.9 Å². The molecule has 0 bridgehead atoms. The fourth-order valence-electron chi connectivity index (χ4n) is 3.47. The standard InChI is InChI=1S/C24H25FN4O3S/c25-20-7-2-1-6-19(20)24-27-16-21(33-24)23(31)26-15-17-4-3-5-18(14-17)28-22(30)8-9-29-10-12-32-13-11-29/h1-7,14,16H,8-13,15H2,(H,26,31)(H,28,30). The van der Waals surface area contributed by atoms with Gasteiger partial charge in [0.2, 0.25) is 5.91 Å². The molecule has 0 radical (unpaired) electrons. The molecule has 172 valence electrons. The number of anilines is 1. The number of benzene rings is 2. The van der Waals surface area contributed by atoms with Crippen LogP contribution >= 0.6 is 11.3 Å². The molecule has 2 heterocycles. The van der Waals surface area contributed by atoms with Crippen LogP contribution in [0.3, 0.4) is 0 Å². The van der Waals surface area contributed by atoms with Crippen molar-refractivity contribution in [2.24, 2.45) is 0 Å². The fourth-order valence-corrected chi connectivity index (χ4v) is 4.33. The largest absolute Gasteiger partial charge is 0.379 e. The lowest BCUT2D eigenvalue weighted by Gasteiger charge is -2.26. The quantitative estimate of drug-likeness (QED) is 0.528. The number of hydrogen-bond donors (Lipinski definition) is 2. The van der Waals surface area contributed by atoms with Gasteiger partial charge in [-0.15, -0.1) is 11.3 Å². The number of carbonyl (C=O) groups is 2. The van der Waals surface area contributed by atoms with Gasteiger partial charge < -0.3 is 15.4 Å². The molecule has 2 amide bonds. The van der Waals surface area contributed by atoms with Crippen molar-refractivity contribution in [1.29, 1.82) is 0 Å². The van der Waals surface area contributed by atoms with E-state index in [-0.39, 0.29) is 17.6 Å². The average molecular weight is 469 g/mol. The van der Waals surface area contributed by atoms with E-state index in [4.69, 9.17) is 4.74 Å². The number of nitrogens with one attached hydrogen (secondary N) is 2. The summed E-state index contributed by atoms with van der Waals surface area (Å²) in [5, 5.41) is 6.22. The molecule has 1 aliphatic rings. The van der Waals surface area contributed by atoms with Gasteiger partial charge in [0.25, 0.3) is 5.91 Å². The predicted molar refractivity (Wildman–Crippen MR) is 126 cm³/mol. The second-order valence-corrected chi connectivity index (χ2v) is 8.68. The number of ether oxygens (including phenoxy) is 1. The van der Waals surface area contributed by atoms with Gasteiger partial charge in [-0.05, 0) is 29.8 Å². The summed E-state index contributed by atoms with van der Waals surface area (Å²) >= 11 is 1.14. The third-order valence-electron chi connectivity index (χ3n) is 5.26. The number of morpholine rings is 1. The predicted octanol–water partition coefficient (Wildman–Crippen LogP) is 3.54. The molecule has 3 aromatic rings. The van der Waals surface area contributed by atoms with Crippen LogP contribution in [0.2, 0.25) is 0 Å². The molecule has 0 atom stereocenters. The number of aromatic nitrogens is 1. The lowest BCUT2D eigenvalue weighted by atomic mass is 10.2. The molecular formula is C24H25FN4O3S. The Balaban J connectivity index is 1.28. The minimum atomic E-state index is -0.373. The highest BCUT2D eigenvalue weighted by molar-refractivity contribution is 7.16. The third-order valence-corrected chi connectivity index (χ3v) is 6.29. The zero-order valence-corrected chi connectivity index (χ0v) is 18.9. The van der Waals surface area contributed by atoms with Gasteiger partial charge in [0, 0.05) is 43.9 Å². The molecule has 2 aromatic carbocycles. The van der Waals surface area contributed by atoms with Crippen LogP contribution in [0.4, 0.5) is 10.1 Å². The van der Waals surface area contributed by atoms with E-state index in [2.05, 4.69) is 20.5 Å². The van der Waals surface area contributed by atoms with E-state index < -0.39 is 0 Å². The summed E-state index contributed by atoms with van der Waals surface area (Å²) in [6.45, 7) is 4.12. The Morgan fingerprint density at radius 1 is 1.12 bits per heavy atom. The van der Waals surface area contributed by atoms with Crippen LogP contribution in [-0.2, 0) is 16.1 Å². The smallest absolute Gasteiger partial charge is 0.263 e. The van der Waals surface area contributed by atoms with Crippen LogP contribution in [0.5, 0.6) is 0 Å². The average Bonchev–Trinajstić information content (AvgIpc) is 3.33. The maximum atomic E-state index is 14.0. The molecule has 7 nitrogen and oxygen atoms in total. The van der Waals surface area contributed by atoms with Crippen molar-refractivity contribution in [3.8, 4) is 10.6 Å². The number of halogens is 1. The van der Waals surface area contributed by atoms with Gasteiger partial charge >= 0.3 is 0 Å². The Bertz CT molecular complexity index is 1110. The molecule has 0 aliphatic carbocycles. The molecule has 1 aliphatic heterocycles. The summed E-state index contributed by atoms with van der Waals surface area (Å²) in [5.41, 5.74) is 1.92. The zero-order valence-electron chi connectivity index (χ0n) is 18.1. The van der Waals surface area contributed by atoms with Crippen molar-refractivity contribution in [3.63, 3.8) is 0 Å². The van der Waals surface area contributed by atoms with Crippen LogP contribution in [-0.4, -0.2) is 54.5 Å². The summed E-state index contributed by atoms with van der Waals surface area (Å²) in [6, 6.07) is 13.7. The van der Waals surface area contributed by atoms with E-state index >= 15 is 0 Å². The molecule has 1 fully saturated rings. The summed E-state index contributed by atoms with van der Waals surface area (Å²) in [7, 11) is 0. The van der Waals surface area contributed by atoms with E-state index in [0.717, 1.165) is 30.0 Å². The SMILES string of the molecule is O=C(CCN1CCOCC1)Nc1cccc(CNC(=O)c2cnc(-c3ccccc3F)s2)c1. The first-order chi connectivity index (χ1) is 16.1. The minimum Gasteiger partial charge on any atom is -0.379 e. The normalized spacial score (nSPS) is 14.1. The monoisotopic (exact) mass is 468 g/mol. The Morgan fingerprint density at radius 3 is 2.76 bits per heavy atom. The maximum Gasteiger partial charge on any atom is 0.263 e. The summed E-state index contributed by atoms with van der Waals surface area (Å²) in [4.78, 5) is 31.6. The Morgan fingerprint density at radius 2 is 1.94 bits per heavy atom. The first kappa shape index (κ1) is 23.0. The highest BCUT2D eigenvalue weighted by atomic mass is 32.1. The van der Waals surface area contributed by atoms with Crippen molar-refractivity contribution in [1.82, 2.24) is 15.2 Å².